The minimum atomic E-state index is -3.82. The first-order chi connectivity index (χ1) is 13.8. The van der Waals surface area contributed by atoms with Gasteiger partial charge in [-0.2, -0.15) is 0 Å². The predicted octanol–water partition coefficient (Wildman–Crippen LogP) is 5.43. The van der Waals surface area contributed by atoms with Crippen LogP contribution in [0.25, 0.3) is 6.08 Å². The summed E-state index contributed by atoms with van der Waals surface area (Å²) in [5, 5.41) is -0.185. The molecule has 1 aromatic rings. The molecular formula is C21H33O7P. The van der Waals surface area contributed by atoms with E-state index in [9.17, 15) is 9.36 Å². The van der Waals surface area contributed by atoms with Gasteiger partial charge in [-0.3, -0.25) is 4.57 Å². The van der Waals surface area contributed by atoms with Crippen LogP contribution in [0.1, 0.15) is 52.0 Å². The number of hydrogen-bond acceptors (Lipinski definition) is 7. The number of carbonyl (C=O) groups excluding carboxylic acids is 1. The van der Waals surface area contributed by atoms with Crippen molar-refractivity contribution in [2.24, 2.45) is 0 Å². The lowest BCUT2D eigenvalue weighted by atomic mass is 10.2. The van der Waals surface area contributed by atoms with Gasteiger partial charge in [0.15, 0.2) is 11.5 Å². The summed E-state index contributed by atoms with van der Waals surface area (Å²) in [7, 11) is 0.181. The van der Waals surface area contributed by atoms with Gasteiger partial charge >= 0.3 is 13.6 Å². The Kier molecular flexibility index (Phi) is 11.0. The molecule has 1 aromatic carbocycles. The summed E-state index contributed by atoms with van der Waals surface area (Å²) in [6, 6.07) is 5.17. The lowest BCUT2D eigenvalue weighted by Gasteiger charge is -2.18. The minimum absolute atomic E-state index is 0.185. The fourth-order valence-corrected chi connectivity index (χ4v) is 3.69. The van der Waals surface area contributed by atoms with Gasteiger partial charge in [-0.05, 0) is 44.0 Å². The molecule has 0 N–H and O–H groups in total. The largest absolute Gasteiger partial charge is 0.493 e. The van der Waals surface area contributed by atoms with Crippen LogP contribution in [-0.2, 0) is 23.1 Å². The van der Waals surface area contributed by atoms with Gasteiger partial charge < -0.3 is 23.3 Å². The maximum atomic E-state index is 12.9. The molecule has 0 spiro atoms. The van der Waals surface area contributed by atoms with Crippen molar-refractivity contribution in [3.05, 3.63) is 29.1 Å². The van der Waals surface area contributed by atoms with Crippen LogP contribution >= 0.6 is 7.60 Å². The number of methoxy groups -OCH3 is 1. The molecule has 0 fully saturated rings. The van der Waals surface area contributed by atoms with Crippen molar-refractivity contribution in [1.82, 2.24) is 0 Å². The summed E-state index contributed by atoms with van der Waals surface area (Å²) in [4.78, 5) is 12.5. The second-order valence-electron chi connectivity index (χ2n) is 6.67. The van der Waals surface area contributed by atoms with Crippen LogP contribution in [0.3, 0.4) is 0 Å². The van der Waals surface area contributed by atoms with Crippen LogP contribution in [0.2, 0.25) is 0 Å². The van der Waals surface area contributed by atoms with E-state index < -0.39 is 13.6 Å². The quantitative estimate of drug-likeness (QED) is 0.179. The molecule has 1 rings (SSSR count). The first-order valence-corrected chi connectivity index (χ1v) is 11.3. The zero-order chi connectivity index (χ0) is 21.9. The Morgan fingerprint density at radius 1 is 1.07 bits per heavy atom. The Morgan fingerprint density at radius 3 is 2.31 bits per heavy atom. The van der Waals surface area contributed by atoms with Gasteiger partial charge in [0.1, 0.15) is 5.31 Å². The molecular weight excluding hydrogens is 395 g/mol. The lowest BCUT2D eigenvalue weighted by Crippen LogP contribution is -2.15. The monoisotopic (exact) mass is 428 g/mol. The molecule has 0 unspecified atom stereocenters. The Morgan fingerprint density at radius 2 is 1.76 bits per heavy atom. The standard InChI is InChI=1S/C21H33O7P/c1-7-8-9-10-13-27-19-14-17(11-12-18(19)24-4)15-20(21(22)28-16(2)3)29(23,25-5)26-6/h11-12,14-16H,7-10,13H2,1-6H3. The van der Waals surface area contributed by atoms with Gasteiger partial charge in [0, 0.05) is 14.2 Å². The third-order valence-electron chi connectivity index (χ3n) is 4.07. The van der Waals surface area contributed by atoms with Gasteiger partial charge in [0.2, 0.25) is 0 Å². The van der Waals surface area contributed by atoms with E-state index in [2.05, 4.69) is 6.92 Å². The second-order valence-corrected chi connectivity index (χ2v) is 8.87. The van der Waals surface area contributed by atoms with E-state index in [-0.39, 0.29) is 11.4 Å². The smallest absolute Gasteiger partial charge is 0.368 e. The molecule has 0 saturated heterocycles. The molecule has 0 aliphatic carbocycles. The molecule has 7 nitrogen and oxygen atoms in total. The van der Waals surface area contributed by atoms with Gasteiger partial charge in [0.05, 0.1) is 19.8 Å². The highest BCUT2D eigenvalue weighted by atomic mass is 31.2. The zero-order valence-corrected chi connectivity index (χ0v) is 19.1. The SMILES string of the molecule is CCCCCCOc1cc(C=C(C(=O)OC(C)C)P(=O)(OC)OC)ccc1OC. The Hall–Kier alpha value is -1.82. The van der Waals surface area contributed by atoms with Crippen LogP contribution in [0, 0.1) is 0 Å². The van der Waals surface area contributed by atoms with Crippen molar-refractivity contribution < 1.29 is 32.6 Å². The summed E-state index contributed by atoms with van der Waals surface area (Å²) < 4.78 is 39.3. The molecule has 0 bridgehead atoms. The van der Waals surface area contributed by atoms with Crippen molar-refractivity contribution in [2.75, 3.05) is 27.9 Å². The molecule has 0 radical (unpaired) electrons. The van der Waals surface area contributed by atoms with Crippen molar-refractivity contribution in [1.29, 1.82) is 0 Å². The third-order valence-corrected chi connectivity index (χ3v) is 5.94. The maximum absolute atomic E-state index is 12.9. The molecule has 0 aliphatic heterocycles. The Balaban J connectivity index is 3.21. The van der Waals surface area contributed by atoms with E-state index in [1.807, 2.05) is 0 Å². The van der Waals surface area contributed by atoms with Crippen LogP contribution in [0.4, 0.5) is 0 Å². The van der Waals surface area contributed by atoms with Crippen LogP contribution < -0.4 is 9.47 Å². The van der Waals surface area contributed by atoms with E-state index in [0.717, 1.165) is 25.7 Å². The zero-order valence-electron chi connectivity index (χ0n) is 18.2. The van der Waals surface area contributed by atoms with E-state index in [4.69, 9.17) is 23.3 Å². The molecule has 29 heavy (non-hydrogen) atoms. The van der Waals surface area contributed by atoms with Crippen molar-refractivity contribution in [3.63, 3.8) is 0 Å². The highest BCUT2D eigenvalue weighted by Gasteiger charge is 2.35. The number of rotatable bonds is 13. The summed E-state index contributed by atoms with van der Waals surface area (Å²) in [6.07, 6.45) is 5.39. The van der Waals surface area contributed by atoms with E-state index in [0.29, 0.717) is 23.7 Å². The fourth-order valence-electron chi connectivity index (χ4n) is 2.56. The number of benzene rings is 1. The lowest BCUT2D eigenvalue weighted by molar-refractivity contribution is -0.141. The summed E-state index contributed by atoms with van der Waals surface area (Å²) in [5.41, 5.74) is 0.583. The average Bonchev–Trinajstić information content (AvgIpc) is 2.70. The molecule has 0 saturated carbocycles. The number of ether oxygens (including phenoxy) is 3. The Bertz CT molecular complexity index is 720. The van der Waals surface area contributed by atoms with E-state index in [1.54, 1.807) is 39.2 Å². The van der Waals surface area contributed by atoms with Crippen molar-refractivity contribution >= 4 is 19.6 Å². The highest BCUT2D eigenvalue weighted by molar-refractivity contribution is 7.60. The Labute approximate surface area is 173 Å². The first kappa shape index (κ1) is 25.2. The van der Waals surface area contributed by atoms with Crippen LogP contribution in [0.15, 0.2) is 23.5 Å². The van der Waals surface area contributed by atoms with E-state index in [1.165, 1.54) is 20.3 Å². The van der Waals surface area contributed by atoms with E-state index >= 15 is 0 Å². The number of carbonyl (C=O) groups is 1. The van der Waals surface area contributed by atoms with Gasteiger partial charge in [-0.15, -0.1) is 0 Å². The van der Waals surface area contributed by atoms with Crippen molar-refractivity contribution in [3.8, 4) is 11.5 Å². The average molecular weight is 428 g/mol. The number of hydrogen-bond donors (Lipinski definition) is 0. The molecule has 0 amide bonds. The summed E-state index contributed by atoms with van der Waals surface area (Å²) in [5.74, 6) is 0.356. The predicted molar refractivity (Wildman–Crippen MR) is 113 cm³/mol. The fraction of sp³-hybridized carbons (Fsp3) is 0.571. The normalized spacial score (nSPS) is 12.2. The summed E-state index contributed by atoms with van der Waals surface area (Å²) >= 11 is 0. The number of unbranched alkanes of at least 4 members (excludes halogenated alkanes) is 3. The first-order valence-electron chi connectivity index (χ1n) is 9.76. The van der Waals surface area contributed by atoms with Gasteiger partial charge in [0.25, 0.3) is 0 Å². The molecule has 0 heterocycles. The maximum Gasteiger partial charge on any atom is 0.368 e. The second kappa shape index (κ2) is 12.7. The molecule has 0 aliphatic rings. The highest BCUT2D eigenvalue weighted by Crippen LogP contribution is 2.55. The van der Waals surface area contributed by atoms with Crippen LogP contribution in [0.5, 0.6) is 11.5 Å². The molecule has 8 heteroatoms. The minimum Gasteiger partial charge on any atom is -0.493 e. The summed E-state index contributed by atoms with van der Waals surface area (Å²) in [6.45, 7) is 6.12. The van der Waals surface area contributed by atoms with Gasteiger partial charge in [-0.25, -0.2) is 4.79 Å². The molecule has 0 atom stereocenters. The van der Waals surface area contributed by atoms with Crippen LogP contribution in [-0.4, -0.2) is 40.0 Å². The number of esters is 1. The van der Waals surface area contributed by atoms with Gasteiger partial charge in [-0.1, -0.05) is 32.3 Å². The third kappa shape index (κ3) is 7.84. The molecule has 0 aromatic heterocycles. The molecule has 164 valence electrons. The van der Waals surface area contributed by atoms with Crippen molar-refractivity contribution in [2.45, 2.75) is 52.6 Å². The topological polar surface area (TPSA) is 80.3 Å².